The first-order valence-electron chi connectivity index (χ1n) is 12.9. The number of hydrogen-bond donors (Lipinski definition) is 1. The summed E-state index contributed by atoms with van der Waals surface area (Å²) >= 11 is 0. The number of benzene rings is 1. The number of carbonyl (C=O) groups excluding carboxylic acids is 3. The highest BCUT2D eigenvalue weighted by Crippen LogP contribution is 2.57. The summed E-state index contributed by atoms with van der Waals surface area (Å²) < 4.78 is 6.77. The van der Waals surface area contributed by atoms with E-state index in [1.54, 1.807) is 21.7 Å². The Hall–Kier alpha value is -2.97. The molecule has 192 valence electrons. The Kier molecular flexibility index (Phi) is 6.51. The van der Waals surface area contributed by atoms with E-state index in [2.05, 4.69) is 0 Å². The Morgan fingerprint density at radius 2 is 1.69 bits per heavy atom. The van der Waals surface area contributed by atoms with Crippen molar-refractivity contribution in [1.29, 1.82) is 0 Å². The van der Waals surface area contributed by atoms with Gasteiger partial charge < -0.3 is 24.5 Å². The first-order chi connectivity index (χ1) is 17.3. The summed E-state index contributed by atoms with van der Waals surface area (Å²) in [7, 11) is 1.74. The van der Waals surface area contributed by atoms with Crippen molar-refractivity contribution < 1.29 is 24.2 Å². The van der Waals surface area contributed by atoms with Crippen molar-refractivity contribution >= 4 is 17.7 Å². The second-order valence-electron chi connectivity index (χ2n) is 10.5. The predicted octanol–water partition coefficient (Wildman–Crippen LogP) is 1.75. The van der Waals surface area contributed by atoms with Crippen molar-refractivity contribution in [2.45, 2.75) is 50.0 Å². The number of amides is 3. The fourth-order valence-corrected chi connectivity index (χ4v) is 6.45. The van der Waals surface area contributed by atoms with Gasteiger partial charge >= 0.3 is 0 Å². The number of unbranched alkanes of at least 4 members (excludes halogenated alkanes) is 2. The van der Waals surface area contributed by atoms with E-state index < -0.39 is 29.1 Å². The van der Waals surface area contributed by atoms with Crippen LogP contribution in [0.3, 0.4) is 0 Å². The van der Waals surface area contributed by atoms with Crippen LogP contribution in [0.25, 0.3) is 0 Å². The van der Waals surface area contributed by atoms with Gasteiger partial charge in [-0.1, -0.05) is 54.6 Å². The first kappa shape index (κ1) is 24.7. The summed E-state index contributed by atoms with van der Waals surface area (Å²) in [6.07, 6.45) is 9.66. The fourth-order valence-electron chi connectivity index (χ4n) is 6.45. The van der Waals surface area contributed by atoms with Gasteiger partial charge in [0.1, 0.15) is 11.6 Å². The highest BCUT2D eigenvalue weighted by molar-refractivity contribution is 6.00. The summed E-state index contributed by atoms with van der Waals surface area (Å²) in [6.45, 7) is 3.62. The number of fused-ring (bicyclic) bond motifs is 2. The Bertz CT molecular complexity index is 1090. The second-order valence-corrected chi connectivity index (χ2v) is 10.5. The number of likely N-dealkylation sites (tertiary alicyclic amines) is 1. The Morgan fingerprint density at radius 1 is 0.944 bits per heavy atom. The van der Waals surface area contributed by atoms with Crippen LogP contribution in [-0.4, -0.2) is 88.1 Å². The fraction of sp³-hybridized carbons (Fsp3) is 0.536. The molecule has 0 bridgehead atoms. The SMILES string of the molecule is CN1CC=C[C@@]2(C)O[C@]34C=CCN(Cc5ccccc5)C(=O)C3N(CCCCCO)C(=O)[C@@H]4[C@H]2C1=O. The third-order valence-electron chi connectivity index (χ3n) is 8.12. The molecule has 4 aliphatic rings. The van der Waals surface area contributed by atoms with Crippen LogP contribution in [0.15, 0.2) is 54.6 Å². The Balaban J connectivity index is 1.55. The molecule has 0 aromatic heterocycles. The van der Waals surface area contributed by atoms with Crippen LogP contribution in [0.4, 0.5) is 0 Å². The quantitative estimate of drug-likeness (QED) is 0.462. The van der Waals surface area contributed by atoms with E-state index in [1.165, 1.54) is 0 Å². The van der Waals surface area contributed by atoms with Crippen LogP contribution >= 0.6 is 0 Å². The van der Waals surface area contributed by atoms with E-state index in [9.17, 15) is 19.5 Å². The molecule has 5 atom stereocenters. The summed E-state index contributed by atoms with van der Waals surface area (Å²) in [5, 5.41) is 9.20. The van der Waals surface area contributed by atoms with Crippen molar-refractivity contribution in [2.75, 3.05) is 33.3 Å². The Labute approximate surface area is 212 Å². The molecule has 0 aliphatic carbocycles. The number of carbonyl (C=O) groups is 3. The van der Waals surface area contributed by atoms with E-state index in [0.29, 0.717) is 39.0 Å². The topological polar surface area (TPSA) is 90.4 Å². The molecule has 36 heavy (non-hydrogen) atoms. The van der Waals surface area contributed by atoms with Crippen LogP contribution in [0, 0.1) is 11.8 Å². The number of ether oxygens (including phenoxy) is 1. The van der Waals surface area contributed by atoms with Crippen molar-refractivity contribution in [3.8, 4) is 0 Å². The Morgan fingerprint density at radius 3 is 2.44 bits per heavy atom. The maximum Gasteiger partial charge on any atom is 0.249 e. The largest absolute Gasteiger partial charge is 0.396 e. The van der Waals surface area contributed by atoms with Gasteiger partial charge in [0.25, 0.3) is 0 Å². The van der Waals surface area contributed by atoms with Gasteiger partial charge in [-0.25, -0.2) is 0 Å². The second kappa shape index (κ2) is 9.48. The number of rotatable bonds is 7. The highest BCUT2D eigenvalue weighted by Gasteiger charge is 2.74. The van der Waals surface area contributed by atoms with Gasteiger partial charge in [-0.3, -0.25) is 14.4 Å². The van der Waals surface area contributed by atoms with Crippen molar-refractivity contribution in [3.05, 3.63) is 60.2 Å². The van der Waals surface area contributed by atoms with Crippen molar-refractivity contribution in [2.24, 2.45) is 11.8 Å². The summed E-state index contributed by atoms with van der Waals surface area (Å²) in [4.78, 5) is 46.9. The van der Waals surface area contributed by atoms with Gasteiger partial charge in [-0.2, -0.15) is 0 Å². The number of aliphatic hydroxyl groups excluding tert-OH is 1. The smallest absolute Gasteiger partial charge is 0.249 e. The van der Waals surface area contributed by atoms with Crippen molar-refractivity contribution in [3.63, 3.8) is 0 Å². The highest BCUT2D eigenvalue weighted by atomic mass is 16.5. The molecule has 4 heterocycles. The molecule has 0 saturated carbocycles. The molecule has 2 saturated heterocycles. The van der Waals surface area contributed by atoms with E-state index >= 15 is 0 Å². The third-order valence-corrected chi connectivity index (χ3v) is 8.12. The predicted molar refractivity (Wildman–Crippen MR) is 133 cm³/mol. The third kappa shape index (κ3) is 3.87. The average molecular weight is 494 g/mol. The molecular formula is C28H35N3O5. The van der Waals surface area contributed by atoms with Crippen LogP contribution in [0.2, 0.25) is 0 Å². The zero-order chi connectivity index (χ0) is 25.5. The molecule has 1 aromatic carbocycles. The molecule has 8 heteroatoms. The monoisotopic (exact) mass is 493 g/mol. The minimum absolute atomic E-state index is 0.0904. The maximum absolute atomic E-state index is 14.2. The number of nitrogens with zero attached hydrogens (tertiary/aromatic N) is 3. The number of likely N-dealkylation sites (N-methyl/N-ethyl adjacent to an activating group) is 1. The van der Waals surface area contributed by atoms with Gasteiger partial charge in [0, 0.05) is 39.8 Å². The molecule has 8 nitrogen and oxygen atoms in total. The van der Waals surface area contributed by atoms with Crippen LogP contribution in [0.5, 0.6) is 0 Å². The standard InChI is InChI=1S/C28H35N3O5/c1-27-13-9-15-29(2)24(33)21(27)22-25(34)31(17-7-4-8-18-32)23-26(35)30(16-10-14-28(22,23)36-27)19-20-11-5-3-6-12-20/h3,5-6,9-14,21-23,32H,4,7-8,15-19H2,1-2H3/t21-,22-,23?,27+,28-/m0/s1. The molecular weight excluding hydrogens is 458 g/mol. The van der Waals surface area contributed by atoms with Gasteiger partial charge in [0.2, 0.25) is 17.7 Å². The lowest BCUT2D eigenvalue weighted by atomic mass is 9.74. The minimum atomic E-state index is -1.21. The zero-order valence-electron chi connectivity index (χ0n) is 21.0. The summed E-state index contributed by atoms with van der Waals surface area (Å²) in [6, 6.07) is 8.95. The number of aliphatic hydroxyl groups is 1. The molecule has 1 aromatic rings. The zero-order valence-corrected chi connectivity index (χ0v) is 21.0. The van der Waals surface area contributed by atoms with E-state index in [4.69, 9.17) is 4.74 Å². The molecule has 0 radical (unpaired) electrons. The van der Waals surface area contributed by atoms with E-state index in [1.807, 2.05) is 61.6 Å². The molecule has 5 rings (SSSR count). The average Bonchev–Trinajstić information content (AvgIpc) is 3.14. The molecule has 1 spiro atoms. The lowest BCUT2D eigenvalue weighted by Gasteiger charge is -2.37. The lowest BCUT2D eigenvalue weighted by molar-refractivity contribution is -0.152. The van der Waals surface area contributed by atoms with Crippen LogP contribution in [-0.2, 0) is 25.7 Å². The summed E-state index contributed by atoms with van der Waals surface area (Å²) in [5.74, 6) is -1.98. The van der Waals surface area contributed by atoms with E-state index in [0.717, 1.165) is 12.0 Å². The molecule has 4 aliphatic heterocycles. The molecule has 1 unspecified atom stereocenters. The van der Waals surface area contributed by atoms with Gasteiger partial charge in [-0.15, -0.1) is 0 Å². The van der Waals surface area contributed by atoms with Crippen molar-refractivity contribution in [1.82, 2.24) is 14.7 Å². The minimum Gasteiger partial charge on any atom is -0.396 e. The molecule has 3 amide bonds. The van der Waals surface area contributed by atoms with Crippen LogP contribution < -0.4 is 0 Å². The lowest BCUT2D eigenvalue weighted by Crippen LogP contribution is -2.55. The molecule has 1 N–H and O–H groups in total. The van der Waals surface area contributed by atoms with Gasteiger partial charge in [0.15, 0.2) is 0 Å². The first-order valence-corrected chi connectivity index (χ1v) is 12.9. The summed E-state index contributed by atoms with van der Waals surface area (Å²) in [5.41, 5.74) is -1.19. The van der Waals surface area contributed by atoms with Gasteiger partial charge in [-0.05, 0) is 31.7 Å². The molecule has 2 fully saturated rings. The van der Waals surface area contributed by atoms with Crippen LogP contribution in [0.1, 0.15) is 31.7 Å². The van der Waals surface area contributed by atoms with E-state index in [-0.39, 0.29) is 24.3 Å². The number of hydrogen-bond acceptors (Lipinski definition) is 5. The normalized spacial score (nSPS) is 33.5. The maximum atomic E-state index is 14.2. The van der Waals surface area contributed by atoms with Gasteiger partial charge in [0.05, 0.1) is 17.4 Å².